The quantitative estimate of drug-likeness (QED) is 0.629. The van der Waals surface area contributed by atoms with Crippen LogP contribution in [0.25, 0.3) is 0 Å². The SMILES string of the molecule is CN(C)CC(=O)Cc1cn(C)nn1. The molecule has 72 valence electrons. The van der Waals surface area contributed by atoms with Crippen molar-refractivity contribution in [3.63, 3.8) is 0 Å². The largest absolute Gasteiger partial charge is 0.302 e. The topological polar surface area (TPSA) is 51.0 Å². The molecule has 0 aliphatic rings. The van der Waals surface area contributed by atoms with Crippen LogP contribution in [0.3, 0.4) is 0 Å². The molecule has 1 heterocycles. The maximum Gasteiger partial charge on any atom is 0.152 e. The molecule has 0 atom stereocenters. The summed E-state index contributed by atoms with van der Waals surface area (Å²) in [6.07, 6.45) is 2.12. The molecule has 13 heavy (non-hydrogen) atoms. The number of aromatic nitrogens is 3. The van der Waals surface area contributed by atoms with Crippen molar-refractivity contribution >= 4 is 5.78 Å². The van der Waals surface area contributed by atoms with Gasteiger partial charge in [0.05, 0.1) is 18.7 Å². The first-order valence-corrected chi connectivity index (χ1v) is 4.09. The Morgan fingerprint density at radius 1 is 1.62 bits per heavy atom. The van der Waals surface area contributed by atoms with E-state index >= 15 is 0 Å². The third-order valence-electron chi connectivity index (χ3n) is 1.52. The van der Waals surface area contributed by atoms with Gasteiger partial charge in [-0.05, 0) is 14.1 Å². The Balaban J connectivity index is 2.45. The lowest BCUT2D eigenvalue weighted by molar-refractivity contribution is -0.119. The molecule has 0 aromatic carbocycles. The van der Waals surface area contributed by atoms with E-state index in [-0.39, 0.29) is 5.78 Å². The molecule has 0 radical (unpaired) electrons. The third kappa shape index (κ3) is 3.33. The normalized spacial score (nSPS) is 10.8. The molecular weight excluding hydrogens is 168 g/mol. The zero-order valence-electron chi connectivity index (χ0n) is 8.19. The van der Waals surface area contributed by atoms with Crippen molar-refractivity contribution in [2.45, 2.75) is 6.42 Å². The average Bonchev–Trinajstić information content (AvgIpc) is 2.33. The second-order valence-electron chi connectivity index (χ2n) is 3.34. The van der Waals surface area contributed by atoms with E-state index in [0.717, 1.165) is 5.69 Å². The molecular formula is C8H14N4O. The van der Waals surface area contributed by atoms with Crippen molar-refractivity contribution in [2.75, 3.05) is 20.6 Å². The highest BCUT2D eigenvalue weighted by Gasteiger charge is 2.07. The van der Waals surface area contributed by atoms with Crippen molar-refractivity contribution in [1.82, 2.24) is 19.9 Å². The van der Waals surface area contributed by atoms with E-state index in [1.807, 2.05) is 19.0 Å². The molecule has 0 bridgehead atoms. The molecule has 5 nitrogen and oxygen atoms in total. The molecule has 0 spiro atoms. The fourth-order valence-electron chi connectivity index (χ4n) is 1.09. The molecule has 0 aliphatic heterocycles. The van der Waals surface area contributed by atoms with E-state index < -0.39 is 0 Å². The van der Waals surface area contributed by atoms with Gasteiger partial charge in [0, 0.05) is 13.2 Å². The van der Waals surface area contributed by atoms with Gasteiger partial charge in [-0.3, -0.25) is 9.48 Å². The number of carbonyl (C=O) groups is 1. The first-order valence-electron chi connectivity index (χ1n) is 4.09. The van der Waals surface area contributed by atoms with Gasteiger partial charge in [-0.1, -0.05) is 5.21 Å². The Hall–Kier alpha value is -1.23. The minimum Gasteiger partial charge on any atom is -0.302 e. The monoisotopic (exact) mass is 182 g/mol. The third-order valence-corrected chi connectivity index (χ3v) is 1.52. The summed E-state index contributed by atoms with van der Waals surface area (Å²) in [5.41, 5.74) is 0.731. The number of ketones is 1. The number of hydrogen-bond donors (Lipinski definition) is 0. The number of likely N-dealkylation sites (N-methyl/N-ethyl adjacent to an activating group) is 1. The molecule has 1 rings (SSSR count). The van der Waals surface area contributed by atoms with E-state index in [4.69, 9.17) is 0 Å². The summed E-state index contributed by atoms with van der Waals surface area (Å²) < 4.78 is 1.60. The fourth-order valence-corrected chi connectivity index (χ4v) is 1.09. The van der Waals surface area contributed by atoms with Crippen LogP contribution < -0.4 is 0 Å². The molecule has 0 saturated heterocycles. The number of Topliss-reactive ketones (excluding diaryl/α,β-unsaturated/α-hetero) is 1. The van der Waals surface area contributed by atoms with Crippen LogP contribution >= 0.6 is 0 Å². The lowest BCUT2D eigenvalue weighted by Crippen LogP contribution is -2.23. The van der Waals surface area contributed by atoms with Crippen LogP contribution in [0.4, 0.5) is 0 Å². The summed E-state index contributed by atoms with van der Waals surface area (Å²) in [5, 5.41) is 7.59. The Kier molecular flexibility index (Phi) is 3.13. The fraction of sp³-hybridized carbons (Fsp3) is 0.625. The first kappa shape index (κ1) is 9.85. The van der Waals surface area contributed by atoms with E-state index in [9.17, 15) is 4.79 Å². The van der Waals surface area contributed by atoms with Crippen LogP contribution in [-0.4, -0.2) is 46.3 Å². The molecule has 0 amide bonds. The van der Waals surface area contributed by atoms with Crippen LogP contribution in [0.5, 0.6) is 0 Å². The van der Waals surface area contributed by atoms with E-state index in [0.29, 0.717) is 13.0 Å². The van der Waals surface area contributed by atoms with Gasteiger partial charge in [0.15, 0.2) is 5.78 Å². The van der Waals surface area contributed by atoms with Gasteiger partial charge in [0.25, 0.3) is 0 Å². The van der Waals surface area contributed by atoms with Crippen LogP contribution in [0.15, 0.2) is 6.20 Å². The zero-order valence-corrected chi connectivity index (χ0v) is 8.19. The van der Waals surface area contributed by atoms with Crippen molar-refractivity contribution in [2.24, 2.45) is 7.05 Å². The van der Waals surface area contributed by atoms with Crippen LogP contribution in [-0.2, 0) is 18.3 Å². The smallest absolute Gasteiger partial charge is 0.152 e. The molecule has 0 unspecified atom stereocenters. The highest BCUT2D eigenvalue weighted by molar-refractivity contribution is 5.82. The van der Waals surface area contributed by atoms with Gasteiger partial charge in [-0.25, -0.2) is 0 Å². The van der Waals surface area contributed by atoms with E-state index in [1.165, 1.54) is 0 Å². The Bertz CT molecular complexity index is 292. The predicted molar refractivity (Wildman–Crippen MR) is 48.3 cm³/mol. The summed E-state index contributed by atoms with van der Waals surface area (Å²) in [6, 6.07) is 0. The lowest BCUT2D eigenvalue weighted by Gasteiger charge is -2.06. The number of nitrogens with zero attached hydrogens (tertiary/aromatic N) is 4. The second-order valence-corrected chi connectivity index (χ2v) is 3.34. The van der Waals surface area contributed by atoms with Crippen molar-refractivity contribution in [3.05, 3.63) is 11.9 Å². The van der Waals surface area contributed by atoms with E-state index in [2.05, 4.69) is 10.3 Å². The number of carbonyl (C=O) groups excluding carboxylic acids is 1. The van der Waals surface area contributed by atoms with Gasteiger partial charge in [-0.15, -0.1) is 5.10 Å². The Labute approximate surface area is 77.3 Å². The van der Waals surface area contributed by atoms with Gasteiger partial charge in [-0.2, -0.15) is 0 Å². The van der Waals surface area contributed by atoms with Crippen molar-refractivity contribution < 1.29 is 4.79 Å². The van der Waals surface area contributed by atoms with Crippen LogP contribution in [0.2, 0.25) is 0 Å². The lowest BCUT2D eigenvalue weighted by atomic mass is 10.2. The minimum atomic E-state index is 0.158. The summed E-state index contributed by atoms with van der Waals surface area (Å²) >= 11 is 0. The van der Waals surface area contributed by atoms with Gasteiger partial charge in [0.1, 0.15) is 0 Å². The molecule has 0 N–H and O–H groups in total. The Morgan fingerprint density at radius 3 is 2.77 bits per heavy atom. The zero-order chi connectivity index (χ0) is 9.84. The summed E-state index contributed by atoms with van der Waals surface area (Å²) in [4.78, 5) is 13.2. The highest BCUT2D eigenvalue weighted by atomic mass is 16.1. The van der Waals surface area contributed by atoms with Crippen LogP contribution in [0.1, 0.15) is 5.69 Å². The molecule has 0 fully saturated rings. The van der Waals surface area contributed by atoms with Gasteiger partial charge < -0.3 is 4.90 Å². The summed E-state index contributed by atoms with van der Waals surface area (Å²) in [5.74, 6) is 0.158. The number of aryl methyl sites for hydroxylation is 1. The maximum atomic E-state index is 11.3. The maximum absolute atomic E-state index is 11.3. The number of hydrogen-bond acceptors (Lipinski definition) is 4. The van der Waals surface area contributed by atoms with Gasteiger partial charge >= 0.3 is 0 Å². The predicted octanol–water partition coefficient (Wildman–Crippen LogP) is -0.512. The second kappa shape index (κ2) is 4.13. The van der Waals surface area contributed by atoms with Crippen molar-refractivity contribution in [3.8, 4) is 0 Å². The minimum absolute atomic E-state index is 0.158. The Morgan fingerprint density at radius 2 is 2.31 bits per heavy atom. The van der Waals surface area contributed by atoms with Crippen LogP contribution in [0, 0.1) is 0 Å². The molecule has 0 saturated carbocycles. The molecule has 0 aliphatic carbocycles. The highest BCUT2D eigenvalue weighted by Crippen LogP contribution is 1.94. The van der Waals surface area contributed by atoms with Crippen molar-refractivity contribution in [1.29, 1.82) is 0 Å². The summed E-state index contributed by atoms with van der Waals surface area (Å²) in [7, 11) is 5.52. The van der Waals surface area contributed by atoms with E-state index in [1.54, 1.807) is 17.9 Å². The average molecular weight is 182 g/mol. The standard InChI is InChI=1S/C8H14N4O/c1-11(2)6-8(13)4-7-5-12(3)10-9-7/h5H,4,6H2,1-3H3. The summed E-state index contributed by atoms with van der Waals surface area (Å²) in [6.45, 7) is 0.455. The molecule has 1 aromatic rings. The number of rotatable bonds is 4. The van der Waals surface area contributed by atoms with Gasteiger partial charge in [0.2, 0.25) is 0 Å². The first-order chi connectivity index (χ1) is 6.08. The molecule has 1 aromatic heterocycles. The molecule has 5 heteroatoms.